The van der Waals surface area contributed by atoms with Crippen molar-refractivity contribution in [1.82, 2.24) is 20.0 Å². The van der Waals surface area contributed by atoms with Crippen molar-refractivity contribution in [3.05, 3.63) is 40.6 Å². The predicted octanol–water partition coefficient (Wildman–Crippen LogP) is 3.89. The van der Waals surface area contributed by atoms with E-state index in [1.165, 1.54) is 0 Å². The first-order chi connectivity index (χ1) is 13.8. The number of hydrogen-bond donors (Lipinski definition) is 2. The van der Waals surface area contributed by atoms with Gasteiger partial charge in [0.25, 0.3) is 0 Å². The third kappa shape index (κ3) is 6.58. The number of unbranched alkanes of at least 4 members (excludes halogenated alkanes) is 3. The maximum atomic E-state index is 12.1. The monoisotopic (exact) mass is 399 g/mol. The summed E-state index contributed by atoms with van der Waals surface area (Å²) in [5.41, 5.74) is 2.95. The van der Waals surface area contributed by atoms with Gasteiger partial charge in [0.1, 0.15) is 0 Å². The van der Waals surface area contributed by atoms with E-state index in [2.05, 4.69) is 41.4 Å². The van der Waals surface area contributed by atoms with Crippen molar-refractivity contribution in [1.29, 1.82) is 0 Å². The number of nitrogens with zero attached hydrogens (tertiary/aromatic N) is 3. The van der Waals surface area contributed by atoms with Crippen molar-refractivity contribution in [3.63, 3.8) is 0 Å². The molecule has 0 radical (unpaired) electrons. The zero-order chi connectivity index (χ0) is 20.9. The number of amides is 1. The molecule has 0 aliphatic heterocycles. The molecular formula is C21H29N5O3. The Bertz CT molecular complexity index is 1010. The Morgan fingerprint density at radius 1 is 1.21 bits per heavy atom. The van der Waals surface area contributed by atoms with Crippen LogP contribution in [-0.4, -0.2) is 25.9 Å². The van der Waals surface area contributed by atoms with Gasteiger partial charge in [-0.1, -0.05) is 38.8 Å². The minimum absolute atomic E-state index is 0.0294. The fourth-order valence-corrected chi connectivity index (χ4v) is 3.24. The van der Waals surface area contributed by atoms with Crippen LogP contribution in [0.5, 0.6) is 0 Å². The van der Waals surface area contributed by atoms with E-state index in [0.717, 1.165) is 44.3 Å². The van der Waals surface area contributed by atoms with Crippen molar-refractivity contribution in [2.24, 2.45) is 5.41 Å². The molecule has 0 atom stereocenters. The summed E-state index contributed by atoms with van der Waals surface area (Å²) >= 11 is 0. The number of aryl methyl sites for hydroxylation is 1. The molecule has 0 fully saturated rings. The van der Waals surface area contributed by atoms with Crippen LogP contribution in [0.1, 0.15) is 58.6 Å². The molecule has 2 heterocycles. The zero-order valence-electron chi connectivity index (χ0n) is 17.3. The molecule has 8 heteroatoms. The molecule has 0 saturated heterocycles. The molecule has 0 aliphatic carbocycles. The summed E-state index contributed by atoms with van der Waals surface area (Å²) < 4.78 is 6.86. The van der Waals surface area contributed by atoms with Crippen molar-refractivity contribution in [2.45, 2.75) is 65.8 Å². The summed E-state index contributed by atoms with van der Waals surface area (Å²) in [5, 5.41) is 11.3. The molecule has 0 unspecified atom stereocenters. The quantitative estimate of drug-likeness (QED) is 0.531. The Kier molecular flexibility index (Phi) is 6.51. The van der Waals surface area contributed by atoms with E-state index in [4.69, 9.17) is 4.42 Å². The van der Waals surface area contributed by atoms with Gasteiger partial charge in [0.05, 0.1) is 11.2 Å². The predicted molar refractivity (Wildman–Crippen MR) is 112 cm³/mol. The van der Waals surface area contributed by atoms with Crippen LogP contribution in [0.2, 0.25) is 0 Å². The number of nitrogens with one attached hydrogen (secondary N) is 2. The standard InChI is InChI=1S/C21H29N5O3/c1-21(2,3)13-16-14-26(25-24-16)11-7-5-4-6-8-19(27)22-15-9-10-18-17(12-15)23-20(28)29-18/h9-10,12,14H,4-8,11,13H2,1-3H3,(H,22,27)(H,23,28). The highest BCUT2D eigenvalue weighted by atomic mass is 16.4. The fraction of sp³-hybridized carbons (Fsp3) is 0.524. The highest BCUT2D eigenvalue weighted by Crippen LogP contribution is 2.19. The van der Waals surface area contributed by atoms with Gasteiger partial charge < -0.3 is 9.73 Å². The van der Waals surface area contributed by atoms with Gasteiger partial charge in [-0.05, 0) is 42.9 Å². The minimum atomic E-state index is -0.500. The minimum Gasteiger partial charge on any atom is -0.408 e. The van der Waals surface area contributed by atoms with Crippen molar-refractivity contribution < 1.29 is 9.21 Å². The molecule has 8 nitrogen and oxygen atoms in total. The first-order valence-electron chi connectivity index (χ1n) is 10.1. The van der Waals surface area contributed by atoms with E-state index in [1.807, 2.05) is 10.9 Å². The number of anilines is 1. The molecule has 1 amide bonds. The highest BCUT2D eigenvalue weighted by Gasteiger charge is 2.13. The lowest BCUT2D eigenvalue weighted by Crippen LogP contribution is -2.11. The van der Waals surface area contributed by atoms with E-state index in [9.17, 15) is 9.59 Å². The normalized spacial score (nSPS) is 11.8. The summed E-state index contributed by atoms with van der Waals surface area (Å²) in [7, 11) is 0. The lowest BCUT2D eigenvalue weighted by molar-refractivity contribution is -0.116. The third-order valence-corrected chi connectivity index (χ3v) is 4.54. The van der Waals surface area contributed by atoms with Crippen LogP contribution in [0.25, 0.3) is 11.1 Å². The van der Waals surface area contributed by atoms with Crippen molar-refractivity contribution >= 4 is 22.7 Å². The van der Waals surface area contributed by atoms with Crippen LogP contribution in [0, 0.1) is 5.41 Å². The first kappa shape index (κ1) is 20.8. The Labute approximate surface area is 169 Å². The molecule has 0 saturated carbocycles. The van der Waals surface area contributed by atoms with Crippen LogP contribution >= 0.6 is 0 Å². The van der Waals surface area contributed by atoms with Gasteiger partial charge in [-0.25, -0.2) is 4.79 Å². The van der Waals surface area contributed by atoms with Crippen LogP contribution in [0.15, 0.2) is 33.6 Å². The number of H-pyrrole nitrogens is 1. The largest absolute Gasteiger partial charge is 0.417 e. The number of oxazole rings is 1. The Morgan fingerprint density at radius 3 is 2.79 bits per heavy atom. The van der Waals surface area contributed by atoms with Crippen LogP contribution in [0.4, 0.5) is 5.69 Å². The molecule has 3 rings (SSSR count). The molecule has 2 N–H and O–H groups in total. The summed E-state index contributed by atoms with van der Waals surface area (Å²) in [6.45, 7) is 7.43. The maximum Gasteiger partial charge on any atom is 0.417 e. The van der Waals surface area contributed by atoms with Gasteiger partial charge in [-0.15, -0.1) is 5.10 Å². The number of carbonyl (C=O) groups is 1. The fourth-order valence-electron chi connectivity index (χ4n) is 3.24. The third-order valence-electron chi connectivity index (χ3n) is 4.54. The molecule has 0 aliphatic rings. The van der Waals surface area contributed by atoms with Gasteiger partial charge in [0.2, 0.25) is 5.91 Å². The van der Waals surface area contributed by atoms with E-state index < -0.39 is 5.76 Å². The van der Waals surface area contributed by atoms with Gasteiger partial charge >= 0.3 is 5.76 Å². The second-order valence-corrected chi connectivity index (χ2v) is 8.65. The Hall–Kier alpha value is -2.90. The number of aromatic amines is 1. The van der Waals surface area contributed by atoms with Crippen molar-refractivity contribution in [3.8, 4) is 0 Å². The summed E-state index contributed by atoms with van der Waals surface area (Å²) in [5.74, 6) is -0.530. The Morgan fingerprint density at radius 2 is 2.00 bits per heavy atom. The van der Waals surface area contributed by atoms with E-state index in [1.54, 1.807) is 18.2 Å². The highest BCUT2D eigenvalue weighted by molar-refractivity contribution is 5.92. The van der Waals surface area contributed by atoms with E-state index >= 15 is 0 Å². The van der Waals surface area contributed by atoms with Gasteiger partial charge in [-0.2, -0.15) is 0 Å². The summed E-state index contributed by atoms with van der Waals surface area (Å²) in [4.78, 5) is 25.9. The number of aromatic nitrogens is 4. The molecule has 2 aromatic heterocycles. The zero-order valence-corrected chi connectivity index (χ0v) is 17.3. The number of benzene rings is 1. The van der Waals surface area contributed by atoms with Crippen LogP contribution in [0.3, 0.4) is 0 Å². The lowest BCUT2D eigenvalue weighted by atomic mass is 9.91. The van der Waals surface area contributed by atoms with Gasteiger partial charge in [-0.3, -0.25) is 14.5 Å². The van der Waals surface area contributed by atoms with E-state index in [-0.39, 0.29) is 11.3 Å². The van der Waals surface area contributed by atoms with E-state index in [0.29, 0.717) is 23.2 Å². The molecule has 29 heavy (non-hydrogen) atoms. The average molecular weight is 399 g/mol. The Balaban J connectivity index is 1.32. The van der Waals surface area contributed by atoms with Crippen LogP contribution in [-0.2, 0) is 17.8 Å². The van der Waals surface area contributed by atoms with Gasteiger partial charge in [0.15, 0.2) is 5.58 Å². The number of hydrogen-bond acceptors (Lipinski definition) is 5. The van der Waals surface area contributed by atoms with Crippen molar-refractivity contribution in [2.75, 3.05) is 5.32 Å². The topological polar surface area (TPSA) is 106 Å². The smallest absolute Gasteiger partial charge is 0.408 e. The molecule has 156 valence electrons. The molecule has 0 spiro atoms. The molecule has 1 aromatic carbocycles. The summed E-state index contributed by atoms with van der Waals surface area (Å²) in [6.07, 6.45) is 7.32. The average Bonchev–Trinajstić information content (AvgIpc) is 3.21. The van der Waals surface area contributed by atoms with Crippen LogP contribution < -0.4 is 11.1 Å². The SMILES string of the molecule is CC(C)(C)Cc1cn(CCCCCCC(=O)Nc2ccc3oc(=O)[nH]c3c2)nn1. The lowest BCUT2D eigenvalue weighted by Gasteiger charge is -2.15. The number of rotatable bonds is 9. The molecule has 0 bridgehead atoms. The number of fused-ring (bicyclic) bond motifs is 1. The second kappa shape index (κ2) is 9.07. The molecule has 3 aromatic rings. The molecular weight excluding hydrogens is 370 g/mol. The first-order valence-corrected chi connectivity index (χ1v) is 10.1. The van der Waals surface area contributed by atoms with Gasteiger partial charge in [0, 0.05) is 24.8 Å². The maximum absolute atomic E-state index is 12.1. The number of carbonyl (C=O) groups excluding carboxylic acids is 1. The summed E-state index contributed by atoms with van der Waals surface area (Å²) in [6, 6.07) is 5.09. The second-order valence-electron chi connectivity index (χ2n) is 8.65.